The van der Waals surface area contributed by atoms with Gasteiger partial charge in [0.2, 0.25) is 0 Å². The van der Waals surface area contributed by atoms with Crippen LogP contribution in [0.25, 0.3) is 16.9 Å². The minimum atomic E-state index is -0.953. The van der Waals surface area contributed by atoms with Crippen molar-refractivity contribution in [3.8, 4) is 16.9 Å². The van der Waals surface area contributed by atoms with Crippen LogP contribution in [0.1, 0.15) is 27.9 Å². The SMILES string of the molecule is O=C(O)c1cccc(-n2cc(-c3ccc4c(c3)CCC4)nn2)c1. The molecule has 0 saturated heterocycles. The molecule has 0 aliphatic heterocycles. The Morgan fingerprint density at radius 2 is 1.96 bits per heavy atom. The van der Waals surface area contributed by atoms with Crippen LogP contribution >= 0.6 is 0 Å². The van der Waals surface area contributed by atoms with E-state index in [4.69, 9.17) is 5.11 Å². The lowest BCUT2D eigenvalue weighted by atomic mass is 10.0. The van der Waals surface area contributed by atoms with Crippen molar-refractivity contribution in [2.45, 2.75) is 19.3 Å². The second-order valence-electron chi connectivity index (χ2n) is 5.74. The first kappa shape index (κ1) is 13.7. The van der Waals surface area contributed by atoms with E-state index in [0.717, 1.165) is 24.1 Å². The lowest BCUT2D eigenvalue weighted by Crippen LogP contribution is -2.00. The van der Waals surface area contributed by atoms with Gasteiger partial charge in [0.25, 0.3) is 0 Å². The number of nitrogens with zero attached hydrogens (tertiary/aromatic N) is 3. The summed E-state index contributed by atoms with van der Waals surface area (Å²) in [4.78, 5) is 11.1. The Balaban J connectivity index is 1.69. The van der Waals surface area contributed by atoms with Crippen LogP contribution in [0.2, 0.25) is 0 Å². The zero-order valence-electron chi connectivity index (χ0n) is 12.4. The molecule has 1 aromatic heterocycles. The highest BCUT2D eigenvalue weighted by Crippen LogP contribution is 2.27. The van der Waals surface area contributed by atoms with Crippen LogP contribution in [0, 0.1) is 0 Å². The average molecular weight is 305 g/mol. The number of aromatic nitrogens is 3. The van der Waals surface area contributed by atoms with Gasteiger partial charge in [-0.3, -0.25) is 0 Å². The lowest BCUT2D eigenvalue weighted by Gasteiger charge is -2.02. The van der Waals surface area contributed by atoms with Crippen LogP contribution in [-0.4, -0.2) is 26.1 Å². The maximum atomic E-state index is 11.1. The number of hydrogen-bond donors (Lipinski definition) is 1. The predicted octanol–water partition coefficient (Wildman–Crippen LogP) is 3.12. The molecule has 4 rings (SSSR count). The Morgan fingerprint density at radius 1 is 1.09 bits per heavy atom. The Morgan fingerprint density at radius 3 is 2.83 bits per heavy atom. The van der Waals surface area contributed by atoms with Gasteiger partial charge in [0.1, 0.15) is 5.69 Å². The van der Waals surface area contributed by atoms with Gasteiger partial charge in [-0.2, -0.15) is 0 Å². The van der Waals surface area contributed by atoms with E-state index in [1.807, 2.05) is 12.3 Å². The fraction of sp³-hybridized carbons (Fsp3) is 0.167. The van der Waals surface area contributed by atoms with E-state index >= 15 is 0 Å². The van der Waals surface area contributed by atoms with Gasteiger partial charge in [-0.15, -0.1) is 5.10 Å². The number of rotatable bonds is 3. The number of carboxylic acids is 1. The first-order valence-corrected chi connectivity index (χ1v) is 7.59. The fourth-order valence-electron chi connectivity index (χ4n) is 3.03. The van der Waals surface area contributed by atoms with E-state index in [1.54, 1.807) is 22.9 Å². The smallest absolute Gasteiger partial charge is 0.335 e. The maximum Gasteiger partial charge on any atom is 0.335 e. The zero-order chi connectivity index (χ0) is 15.8. The Kier molecular flexibility index (Phi) is 3.19. The minimum absolute atomic E-state index is 0.233. The van der Waals surface area contributed by atoms with Gasteiger partial charge in [0, 0.05) is 5.56 Å². The van der Waals surface area contributed by atoms with Crippen molar-refractivity contribution in [3.05, 3.63) is 65.4 Å². The topological polar surface area (TPSA) is 68.0 Å². The summed E-state index contributed by atoms with van der Waals surface area (Å²) < 4.78 is 1.61. The molecule has 0 bridgehead atoms. The fourth-order valence-corrected chi connectivity index (χ4v) is 3.03. The molecule has 1 N–H and O–H groups in total. The molecule has 5 nitrogen and oxygen atoms in total. The zero-order valence-corrected chi connectivity index (χ0v) is 12.4. The highest BCUT2D eigenvalue weighted by atomic mass is 16.4. The van der Waals surface area contributed by atoms with E-state index < -0.39 is 5.97 Å². The third kappa shape index (κ3) is 2.50. The molecule has 1 aliphatic carbocycles. The van der Waals surface area contributed by atoms with Crippen LogP contribution in [-0.2, 0) is 12.8 Å². The van der Waals surface area contributed by atoms with Crippen LogP contribution in [0.3, 0.4) is 0 Å². The van der Waals surface area contributed by atoms with Crippen LogP contribution in [0.5, 0.6) is 0 Å². The molecule has 5 heteroatoms. The molecule has 0 atom stereocenters. The number of carboxylic acid groups (broad SMARTS) is 1. The highest BCUT2D eigenvalue weighted by molar-refractivity contribution is 5.88. The number of aromatic carboxylic acids is 1. The molecule has 0 amide bonds. The summed E-state index contributed by atoms with van der Waals surface area (Å²) in [7, 11) is 0. The summed E-state index contributed by atoms with van der Waals surface area (Å²) in [5.74, 6) is -0.953. The number of benzene rings is 2. The molecule has 2 aromatic carbocycles. The van der Waals surface area contributed by atoms with Gasteiger partial charge in [-0.1, -0.05) is 23.4 Å². The molecule has 3 aromatic rings. The second-order valence-corrected chi connectivity index (χ2v) is 5.74. The van der Waals surface area contributed by atoms with Crippen molar-refractivity contribution in [2.75, 3.05) is 0 Å². The predicted molar refractivity (Wildman–Crippen MR) is 85.8 cm³/mol. The third-order valence-electron chi connectivity index (χ3n) is 4.25. The summed E-state index contributed by atoms with van der Waals surface area (Å²) >= 11 is 0. The molecule has 1 aliphatic rings. The van der Waals surface area contributed by atoms with Gasteiger partial charge in [-0.25, -0.2) is 9.48 Å². The van der Waals surface area contributed by atoms with Gasteiger partial charge in [-0.05, 0) is 54.7 Å². The van der Waals surface area contributed by atoms with Crippen molar-refractivity contribution in [2.24, 2.45) is 0 Å². The van der Waals surface area contributed by atoms with Crippen molar-refractivity contribution >= 4 is 5.97 Å². The van der Waals surface area contributed by atoms with Crippen molar-refractivity contribution in [3.63, 3.8) is 0 Å². The van der Waals surface area contributed by atoms with E-state index in [2.05, 4.69) is 28.5 Å². The van der Waals surface area contributed by atoms with E-state index in [1.165, 1.54) is 17.5 Å². The summed E-state index contributed by atoms with van der Waals surface area (Å²) in [5, 5.41) is 17.4. The molecule has 1 heterocycles. The molecule has 0 saturated carbocycles. The molecule has 114 valence electrons. The summed E-state index contributed by atoms with van der Waals surface area (Å²) in [6, 6.07) is 13.1. The lowest BCUT2D eigenvalue weighted by molar-refractivity contribution is 0.0697. The van der Waals surface area contributed by atoms with Gasteiger partial charge in [0.15, 0.2) is 0 Å². The molecule has 0 fully saturated rings. The normalized spacial score (nSPS) is 13.0. The Labute approximate surface area is 133 Å². The first-order chi connectivity index (χ1) is 11.2. The number of aryl methyl sites for hydroxylation is 2. The monoisotopic (exact) mass is 305 g/mol. The Hall–Kier alpha value is -2.95. The van der Waals surface area contributed by atoms with Crippen molar-refractivity contribution < 1.29 is 9.90 Å². The molecular formula is C18H15N3O2. The third-order valence-corrected chi connectivity index (χ3v) is 4.25. The van der Waals surface area contributed by atoms with Gasteiger partial charge < -0.3 is 5.11 Å². The van der Waals surface area contributed by atoms with Crippen molar-refractivity contribution in [1.29, 1.82) is 0 Å². The standard InChI is InChI=1S/C18H15N3O2/c22-18(23)15-5-2-6-16(10-15)21-11-17(19-20-21)14-8-7-12-3-1-4-13(12)9-14/h2,5-11H,1,3-4H2,(H,22,23). The van der Waals surface area contributed by atoms with E-state index in [9.17, 15) is 4.79 Å². The van der Waals surface area contributed by atoms with E-state index in [-0.39, 0.29) is 5.56 Å². The minimum Gasteiger partial charge on any atom is -0.478 e. The molecule has 0 radical (unpaired) electrons. The quantitative estimate of drug-likeness (QED) is 0.807. The molecule has 0 unspecified atom stereocenters. The van der Waals surface area contributed by atoms with Gasteiger partial charge >= 0.3 is 5.97 Å². The van der Waals surface area contributed by atoms with Crippen LogP contribution < -0.4 is 0 Å². The largest absolute Gasteiger partial charge is 0.478 e. The average Bonchev–Trinajstić information content (AvgIpc) is 3.23. The van der Waals surface area contributed by atoms with Gasteiger partial charge in [0.05, 0.1) is 17.4 Å². The second kappa shape index (κ2) is 5.35. The highest BCUT2D eigenvalue weighted by Gasteiger charge is 2.13. The summed E-state index contributed by atoms with van der Waals surface area (Å²) in [5.41, 5.74) is 5.58. The Bertz CT molecular complexity index is 899. The van der Waals surface area contributed by atoms with E-state index in [0.29, 0.717) is 5.69 Å². The number of fused-ring (bicyclic) bond motifs is 1. The first-order valence-electron chi connectivity index (χ1n) is 7.59. The molecule has 23 heavy (non-hydrogen) atoms. The van der Waals surface area contributed by atoms with Crippen LogP contribution in [0.4, 0.5) is 0 Å². The summed E-state index contributed by atoms with van der Waals surface area (Å²) in [6.45, 7) is 0. The number of hydrogen-bond acceptors (Lipinski definition) is 3. The summed E-state index contributed by atoms with van der Waals surface area (Å²) in [6.07, 6.45) is 5.33. The molecular weight excluding hydrogens is 290 g/mol. The van der Waals surface area contributed by atoms with Crippen molar-refractivity contribution in [1.82, 2.24) is 15.0 Å². The van der Waals surface area contributed by atoms with Crippen LogP contribution in [0.15, 0.2) is 48.7 Å². The molecule has 0 spiro atoms. The number of carbonyl (C=O) groups is 1. The maximum absolute atomic E-state index is 11.1.